The Morgan fingerprint density at radius 1 is 1.11 bits per heavy atom. The number of halogens is 1. The molecule has 0 fully saturated rings. The minimum absolute atomic E-state index is 0.713. The molecular weight excluding hydrogens is 260 g/mol. The summed E-state index contributed by atoms with van der Waals surface area (Å²) < 4.78 is 0. The molecule has 0 spiro atoms. The Balaban J connectivity index is 2.13. The van der Waals surface area contributed by atoms with E-state index in [0.29, 0.717) is 6.54 Å². The van der Waals surface area contributed by atoms with Gasteiger partial charge in [-0.15, -0.1) is 0 Å². The van der Waals surface area contributed by atoms with Crippen LogP contribution in [0.5, 0.6) is 0 Å². The van der Waals surface area contributed by atoms with Gasteiger partial charge >= 0.3 is 0 Å². The van der Waals surface area contributed by atoms with Gasteiger partial charge in [0.25, 0.3) is 0 Å². The van der Waals surface area contributed by atoms with E-state index in [9.17, 15) is 0 Å². The van der Waals surface area contributed by atoms with Crippen molar-refractivity contribution in [2.24, 2.45) is 0 Å². The number of aromatic nitrogens is 2. The van der Waals surface area contributed by atoms with Crippen molar-refractivity contribution in [2.75, 3.05) is 17.7 Å². The summed E-state index contributed by atoms with van der Waals surface area (Å²) in [6, 6.07) is 7.78. The van der Waals surface area contributed by atoms with Crippen LogP contribution in [-0.2, 0) is 13.0 Å². The highest BCUT2D eigenvalue weighted by Gasteiger charge is 2.08. The lowest BCUT2D eigenvalue weighted by Crippen LogP contribution is -2.08. The summed E-state index contributed by atoms with van der Waals surface area (Å²) in [5.74, 6) is 1.74. The quantitative estimate of drug-likeness (QED) is 0.879. The Morgan fingerprint density at radius 3 is 2.42 bits per heavy atom. The lowest BCUT2D eigenvalue weighted by molar-refractivity contribution is 1.01. The smallest absolute Gasteiger partial charge is 0.134 e. The third kappa shape index (κ3) is 3.35. The first-order chi connectivity index (χ1) is 9.24. The molecule has 1 aromatic carbocycles. The summed E-state index contributed by atoms with van der Waals surface area (Å²) in [5, 5.41) is 7.17. The molecule has 0 aliphatic heterocycles. The molecule has 0 amide bonds. The monoisotopic (exact) mass is 276 g/mol. The molecule has 4 nitrogen and oxygen atoms in total. The number of hydrogen-bond donors (Lipinski definition) is 2. The zero-order valence-electron chi connectivity index (χ0n) is 11.1. The van der Waals surface area contributed by atoms with Crippen LogP contribution in [0.2, 0.25) is 5.02 Å². The Kier molecular flexibility index (Phi) is 4.58. The Bertz CT molecular complexity index is 540. The second kappa shape index (κ2) is 6.38. The van der Waals surface area contributed by atoms with Gasteiger partial charge in [0.05, 0.1) is 0 Å². The zero-order chi connectivity index (χ0) is 13.7. The Hall–Kier alpha value is -1.81. The minimum Gasteiger partial charge on any atom is -0.373 e. The van der Waals surface area contributed by atoms with E-state index < -0.39 is 0 Å². The van der Waals surface area contributed by atoms with Crippen molar-refractivity contribution in [3.05, 3.63) is 46.7 Å². The second-order valence-electron chi connectivity index (χ2n) is 4.13. The van der Waals surface area contributed by atoms with E-state index in [4.69, 9.17) is 11.6 Å². The number of nitrogens with one attached hydrogen (secondary N) is 2. The molecule has 5 heteroatoms. The predicted octanol–water partition coefficient (Wildman–Crippen LogP) is 3.35. The Morgan fingerprint density at radius 2 is 1.79 bits per heavy atom. The first kappa shape index (κ1) is 13.6. The molecule has 0 radical (unpaired) electrons. The van der Waals surface area contributed by atoms with Crippen LogP contribution < -0.4 is 10.6 Å². The van der Waals surface area contributed by atoms with Crippen molar-refractivity contribution in [1.82, 2.24) is 9.97 Å². The van der Waals surface area contributed by atoms with Gasteiger partial charge in [0.1, 0.15) is 18.0 Å². The topological polar surface area (TPSA) is 49.8 Å². The van der Waals surface area contributed by atoms with Gasteiger partial charge in [-0.05, 0) is 24.1 Å². The standard InChI is InChI=1S/C14H17ClN4/c1-3-12-13(16-2)18-9-19-14(12)17-8-10-4-6-11(15)7-5-10/h4-7,9H,3,8H2,1-2H3,(H2,16,17,18,19). The number of anilines is 2. The molecule has 0 aliphatic carbocycles. The summed E-state index contributed by atoms with van der Waals surface area (Å²) in [5.41, 5.74) is 2.26. The predicted molar refractivity (Wildman–Crippen MR) is 79.7 cm³/mol. The van der Waals surface area contributed by atoms with Crippen LogP contribution >= 0.6 is 11.6 Å². The second-order valence-corrected chi connectivity index (χ2v) is 4.57. The van der Waals surface area contributed by atoms with Gasteiger partial charge < -0.3 is 10.6 Å². The average Bonchev–Trinajstić information content (AvgIpc) is 2.46. The SMILES string of the molecule is CCc1c(NC)ncnc1NCc1ccc(Cl)cc1. The lowest BCUT2D eigenvalue weighted by atomic mass is 10.2. The normalized spacial score (nSPS) is 10.3. The summed E-state index contributed by atoms with van der Waals surface area (Å²) in [4.78, 5) is 8.52. The maximum atomic E-state index is 5.87. The van der Waals surface area contributed by atoms with Crippen LogP contribution in [0.25, 0.3) is 0 Å². The zero-order valence-corrected chi connectivity index (χ0v) is 11.8. The molecule has 2 N–H and O–H groups in total. The van der Waals surface area contributed by atoms with Crippen molar-refractivity contribution < 1.29 is 0 Å². The van der Waals surface area contributed by atoms with Crippen LogP contribution in [0, 0.1) is 0 Å². The lowest BCUT2D eigenvalue weighted by Gasteiger charge is -2.12. The van der Waals surface area contributed by atoms with E-state index in [2.05, 4.69) is 27.5 Å². The molecule has 0 bridgehead atoms. The van der Waals surface area contributed by atoms with Crippen molar-refractivity contribution in [3.8, 4) is 0 Å². The molecule has 1 heterocycles. The van der Waals surface area contributed by atoms with Crippen molar-refractivity contribution in [3.63, 3.8) is 0 Å². The molecule has 0 aliphatic rings. The fourth-order valence-electron chi connectivity index (χ4n) is 1.90. The van der Waals surface area contributed by atoms with Gasteiger partial charge in [-0.25, -0.2) is 9.97 Å². The highest BCUT2D eigenvalue weighted by molar-refractivity contribution is 6.30. The van der Waals surface area contributed by atoms with Gasteiger partial charge in [0.2, 0.25) is 0 Å². The third-order valence-corrected chi connectivity index (χ3v) is 3.16. The molecule has 0 saturated heterocycles. The van der Waals surface area contributed by atoms with Gasteiger partial charge in [-0.2, -0.15) is 0 Å². The third-order valence-electron chi connectivity index (χ3n) is 2.91. The molecular formula is C14H17ClN4. The van der Waals surface area contributed by atoms with Gasteiger partial charge in [-0.1, -0.05) is 30.7 Å². The number of nitrogens with zero attached hydrogens (tertiary/aromatic N) is 2. The van der Waals surface area contributed by atoms with Crippen LogP contribution in [0.15, 0.2) is 30.6 Å². The Labute approximate surface area is 118 Å². The number of hydrogen-bond acceptors (Lipinski definition) is 4. The summed E-state index contributed by atoms with van der Waals surface area (Å²) >= 11 is 5.87. The highest BCUT2D eigenvalue weighted by atomic mass is 35.5. The van der Waals surface area contributed by atoms with Crippen LogP contribution in [0.3, 0.4) is 0 Å². The molecule has 0 unspecified atom stereocenters. The average molecular weight is 277 g/mol. The van der Waals surface area contributed by atoms with E-state index >= 15 is 0 Å². The van der Waals surface area contributed by atoms with Gasteiger partial charge in [0.15, 0.2) is 0 Å². The van der Waals surface area contributed by atoms with E-state index in [0.717, 1.165) is 34.2 Å². The largest absolute Gasteiger partial charge is 0.373 e. The molecule has 2 rings (SSSR count). The van der Waals surface area contributed by atoms with Crippen molar-refractivity contribution in [1.29, 1.82) is 0 Å². The fourth-order valence-corrected chi connectivity index (χ4v) is 2.03. The fraction of sp³-hybridized carbons (Fsp3) is 0.286. The van der Waals surface area contributed by atoms with Gasteiger partial charge in [-0.3, -0.25) is 0 Å². The van der Waals surface area contributed by atoms with E-state index in [-0.39, 0.29) is 0 Å². The summed E-state index contributed by atoms with van der Waals surface area (Å²) in [6.07, 6.45) is 2.44. The first-order valence-electron chi connectivity index (χ1n) is 6.24. The summed E-state index contributed by atoms with van der Waals surface area (Å²) in [6.45, 7) is 2.80. The molecule has 100 valence electrons. The maximum Gasteiger partial charge on any atom is 0.134 e. The van der Waals surface area contributed by atoms with Crippen LogP contribution in [-0.4, -0.2) is 17.0 Å². The van der Waals surface area contributed by atoms with Crippen LogP contribution in [0.1, 0.15) is 18.1 Å². The van der Waals surface area contributed by atoms with E-state index in [1.54, 1.807) is 6.33 Å². The number of rotatable bonds is 5. The highest BCUT2D eigenvalue weighted by Crippen LogP contribution is 2.20. The molecule has 2 aromatic rings. The first-order valence-corrected chi connectivity index (χ1v) is 6.62. The molecule has 0 atom stereocenters. The van der Waals surface area contributed by atoms with Crippen LogP contribution in [0.4, 0.5) is 11.6 Å². The van der Waals surface area contributed by atoms with Crippen molar-refractivity contribution in [2.45, 2.75) is 19.9 Å². The molecule has 19 heavy (non-hydrogen) atoms. The van der Waals surface area contributed by atoms with E-state index in [1.165, 1.54) is 0 Å². The molecule has 1 aromatic heterocycles. The minimum atomic E-state index is 0.713. The maximum absolute atomic E-state index is 5.87. The van der Waals surface area contributed by atoms with Gasteiger partial charge in [0, 0.05) is 24.2 Å². The van der Waals surface area contributed by atoms with Crippen molar-refractivity contribution >= 4 is 23.2 Å². The summed E-state index contributed by atoms with van der Waals surface area (Å²) in [7, 11) is 1.87. The number of benzene rings is 1. The van der Waals surface area contributed by atoms with E-state index in [1.807, 2.05) is 31.3 Å². The molecule has 0 saturated carbocycles.